The molecule has 3 aromatic rings. The minimum absolute atomic E-state index is 0.0260. The molecule has 1 N–H and O–H groups in total. The molecule has 0 unspecified atom stereocenters. The molecule has 1 aliphatic rings. The number of benzene rings is 1. The Kier molecular flexibility index (Phi) is 6.73. The molecule has 0 radical (unpaired) electrons. The van der Waals surface area contributed by atoms with Crippen LogP contribution < -0.4 is 4.90 Å². The molecule has 3 heterocycles. The number of amides is 2. The number of aromatic nitrogens is 2. The lowest BCUT2D eigenvalue weighted by Crippen LogP contribution is -2.35. The van der Waals surface area contributed by atoms with Crippen molar-refractivity contribution >= 4 is 17.5 Å². The second kappa shape index (κ2) is 9.85. The van der Waals surface area contributed by atoms with Crippen LogP contribution in [-0.2, 0) is 11.3 Å². The molecule has 4 rings (SSSR count). The maximum absolute atomic E-state index is 13.4. The fourth-order valence-corrected chi connectivity index (χ4v) is 4.22. The van der Waals surface area contributed by atoms with Crippen molar-refractivity contribution < 1.29 is 14.0 Å². The van der Waals surface area contributed by atoms with Crippen LogP contribution in [0.2, 0.25) is 0 Å². The second-order valence-electron chi connectivity index (χ2n) is 8.37. The van der Waals surface area contributed by atoms with E-state index in [4.69, 9.17) is 4.42 Å². The highest BCUT2D eigenvalue weighted by atomic mass is 16.3. The smallest absolute Gasteiger partial charge is 0.274 e. The Balaban J connectivity index is 1.62. The van der Waals surface area contributed by atoms with E-state index in [9.17, 15) is 9.59 Å². The number of aromatic amines is 1. The van der Waals surface area contributed by atoms with Crippen molar-refractivity contribution in [3.63, 3.8) is 0 Å². The van der Waals surface area contributed by atoms with Crippen LogP contribution in [-0.4, -0.2) is 40.0 Å². The Hall–Kier alpha value is -3.35. The summed E-state index contributed by atoms with van der Waals surface area (Å²) in [5.74, 6) is 1.36. The predicted octanol–water partition coefficient (Wildman–Crippen LogP) is 4.94. The van der Waals surface area contributed by atoms with Gasteiger partial charge in [-0.3, -0.25) is 14.7 Å². The van der Waals surface area contributed by atoms with Crippen molar-refractivity contribution in [3.8, 4) is 11.5 Å². The number of furan rings is 1. The summed E-state index contributed by atoms with van der Waals surface area (Å²) in [4.78, 5) is 29.5. The summed E-state index contributed by atoms with van der Waals surface area (Å²) < 4.78 is 5.65. The van der Waals surface area contributed by atoms with Gasteiger partial charge in [0.25, 0.3) is 5.91 Å². The Bertz CT molecular complexity index is 1080. The first-order valence-electron chi connectivity index (χ1n) is 11.3. The Morgan fingerprint density at radius 3 is 2.50 bits per heavy atom. The Labute approximate surface area is 188 Å². The standard InChI is InChI=1S/C25H30N4O3/c1-18-12-13-24(32-18)21-16-22(27-26-21)25(31)28-14-8-4-3-5-9-15-29(19(2)30)23-11-7-6-10-20(23)17-28/h6-7,10-13,16H,3-5,8-9,14-15,17H2,1-2H3,(H,26,27). The van der Waals surface area contributed by atoms with Crippen LogP contribution in [0.3, 0.4) is 0 Å². The second-order valence-corrected chi connectivity index (χ2v) is 8.37. The number of hydrogen-bond donors (Lipinski definition) is 1. The first-order valence-corrected chi connectivity index (χ1v) is 11.3. The third kappa shape index (κ3) is 4.93. The molecule has 7 nitrogen and oxygen atoms in total. The largest absolute Gasteiger partial charge is 0.460 e. The van der Waals surface area contributed by atoms with Gasteiger partial charge in [-0.1, -0.05) is 37.5 Å². The SMILES string of the molecule is CC(=O)N1CCCCCCCN(C(=O)c2cc(-c3ccc(C)o3)[nH]n2)Cc2ccccc21. The highest BCUT2D eigenvalue weighted by Gasteiger charge is 2.23. The van der Waals surface area contributed by atoms with E-state index in [0.29, 0.717) is 36.8 Å². The van der Waals surface area contributed by atoms with Crippen molar-refractivity contribution in [2.45, 2.75) is 52.5 Å². The molecule has 0 saturated heterocycles. The molecule has 2 amide bonds. The van der Waals surface area contributed by atoms with Gasteiger partial charge in [0.2, 0.25) is 5.91 Å². The van der Waals surface area contributed by atoms with E-state index in [1.807, 2.05) is 53.1 Å². The molecular weight excluding hydrogens is 404 g/mol. The monoisotopic (exact) mass is 434 g/mol. The maximum Gasteiger partial charge on any atom is 0.274 e. The lowest BCUT2D eigenvalue weighted by Gasteiger charge is -2.28. The van der Waals surface area contributed by atoms with Crippen LogP contribution in [0.5, 0.6) is 0 Å². The van der Waals surface area contributed by atoms with E-state index in [1.165, 1.54) is 0 Å². The zero-order valence-corrected chi connectivity index (χ0v) is 18.8. The fraction of sp³-hybridized carbons (Fsp3) is 0.400. The van der Waals surface area contributed by atoms with Gasteiger partial charge in [0, 0.05) is 38.3 Å². The summed E-state index contributed by atoms with van der Waals surface area (Å²) in [5.41, 5.74) is 2.89. The summed E-state index contributed by atoms with van der Waals surface area (Å²) in [7, 11) is 0. The Morgan fingerprint density at radius 1 is 1.00 bits per heavy atom. The molecule has 0 bridgehead atoms. The molecule has 0 spiro atoms. The first-order chi connectivity index (χ1) is 15.5. The van der Waals surface area contributed by atoms with E-state index in [2.05, 4.69) is 10.2 Å². The molecule has 0 fully saturated rings. The van der Waals surface area contributed by atoms with Crippen molar-refractivity contribution in [2.24, 2.45) is 0 Å². The molecular formula is C25H30N4O3. The van der Waals surface area contributed by atoms with Gasteiger partial charge in [0.05, 0.1) is 0 Å². The number of rotatable bonds is 2. The number of carbonyl (C=O) groups is 2. The van der Waals surface area contributed by atoms with Crippen LogP contribution in [0.1, 0.15) is 60.8 Å². The number of hydrogen-bond acceptors (Lipinski definition) is 4. The molecule has 1 aliphatic heterocycles. The number of para-hydroxylation sites is 1. The fourth-order valence-electron chi connectivity index (χ4n) is 4.22. The van der Waals surface area contributed by atoms with E-state index in [0.717, 1.165) is 49.1 Å². The summed E-state index contributed by atoms with van der Waals surface area (Å²) in [6.45, 7) is 5.26. The molecule has 0 atom stereocenters. The molecule has 32 heavy (non-hydrogen) atoms. The number of aryl methyl sites for hydroxylation is 1. The lowest BCUT2D eigenvalue weighted by atomic mass is 10.1. The average molecular weight is 435 g/mol. The average Bonchev–Trinajstić information content (AvgIpc) is 3.42. The highest BCUT2D eigenvalue weighted by molar-refractivity contribution is 5.94. The van der Waals surface area contributed by atoms with Crippen LogP contribution in [0, 0.1) is 6.92 Å². The van der Waals surface area contributed by atoms with Gasteiger partial charge >= 0.3 is 0 Å². The molecule has 7 heteroatoms. The quantitative estimate of drug-likeness (QED) is 0.619. The van der Waals surface area contributed by atoms with E-state index < -0.39 is 0 Å². The van der Waals surface area contributed by atoms with Crippen LogP contribution in [0.15, 0.2) is 46.9 Å². The maximum atomic E-state index is 13.4. The molecule has 2 aromatic heterocycles. The zero-order valence-electron chi connectivity index (χ0n) is 18.8. The summed E-state index contributed by atoms with van der Waals surface area (Å²) in [5, 5.41) is 7.19. The van der Waals surface area contributed by atoms with Crippen LogP contribution >= 0.6 is 0 Å². The third-order valence-corrected chi connectivity index (χ3v) is 5.92. The number of carbonyl (C=O) groups excluding carboxylic acids is 2. The Morgan fingerprint density at radius 2 is 1.75 bits per heavy atom. The van der Waals surface area contributed by atoms with Gasteiger partial charge in [-0.2, -0.15) is 5.10 Å². The van der Waals surface area contributed by atoms with Crippen molar-refractivity contribution in [1.29, 1.82) is 0 Å². The van der Waals surface area contributed by atoms with Crippen molar-refractivity contribution in [1.82, 2.24) is 15.1 Å². The number of H-pyrrole nitrogens is 1. The van der Waals surface area contributed by atoms with Gasteiger partial charge in [-0.15, -0.1) is 0 Å². The lowest BCUT2D eigenvalue weighted by molar-refractivity contribution is -0.116. The number of anilines is 1. The highest BCUT2D eigenvalue weighted by Crippen LogP contribution is 2.26. The number of nitrogens with one attached hydrogen (secondary N) is 1. The van der Waals surface area contributed by atoms with Crippen LogP contribution in [0.25, 0.3) is 11.5 Å². The summed E-state index contributed by atoms with van der Waals surface area (Å²) >= 11 is 0. The zero-order chi connectivity index (χ0) is 22.5. The first kappa shape index (κ1) is 21.9. The minimum atomic E-state index is -0.128. The van der Waals surface area contributed by atoms with Crippen molar-refractivity contribution in [3.05, 3.63) is 59.5 Å². The van der Waals surface area contributed by atoms with Gasteiger partial charge in [0.15, 0.2) is 11.5 Å². The van der Waals surface area contributed by atoms with Gasteiger partial charge in [-0.05, 0) is 43.5 Å². The third-order valence-electron chi connectivity index (χ3n) is 5.92. The minimum Gasteiger partial charge on any atom is -0.460 e. The van der Waals surface area contributed by atoms with Crippen molar-refractivity contribution in [2.75, 3.05) is 18.0 Å². The topological polar surface area (TPSA) is 82.4 Å². The summed E-state index contributed by atoms with van der Waals surface area (Å²) in [6, 6.07) is 13.3. The molecule has 168 valence electrons. The van der Waals surface area contributed by atoms with Gasteiger partial charge < -0.3 is 14.2 Å². The number of nitrogens with zero attached hydrogens (tertiary/aromatic N) is 3. The number of fused-ring (bicyclic) bond motifs is 1. The predicted molar refractivity (Wildman–Crippen MR) is 123 cm³/mol. The molecule has 0 aliphatic carbocycles. The van der Waals surface area contributed by atoms with E-state index in [-0.39, 0.29) is 11.8 Å². The normalized spacial score (nSPS) is 15.6. The van der Waals surface area contributed by atoms with Gasteiger partial charge in [-0.25, -0.2) is 0 Å². The molecule has 0 saturated carbocycles. The van der Waals surface area contributed by atoms with Gasteiger partial charge in [0.1, 0.15) is 11.5 Å². The van der Waals surface area contributed by atoms with E-state index in [1.54, 1.807) is 13.0 Å². The van der Waals surface area contributed by atoms with E-state index >= 15 is 0 Å². The summed E-state index contributed by atoms with van der Waals surface area (Å²) in [6.07, 6.45) is 5.16. The molecule has 1 aromatic carbocycles. The van der Waals surface area contributed by atoms with Crippen LogP contribution in [0.4, 0.5) is 5.69 Å².